The number of hydrogen-bond acceptors (Lipinski definition) is 3. The molecule has 1 aliphatic rings. The summed E-state index contributed by atoms with van der Waals surface area (Å²) < 4.78 is 6.58. The summed E-state index contributed by atoms with van der Waals surface area (Å²) in [7, 11) is 2.05. The largest absolute Gasteiger partial charge is 0.490 e. The number of rotatable bonds is 0. The quantitative estimate of drug-likeness (QED) is 0.584. The molecule has 4 heteroatoms. The van der Waals surface area contributed by atoms with E-state index in [1.165, 1.54) is 0 Å². The molecule has 3 nitrogen and oxygen atoms in total. The monoisotopic (exact) mass is 290 g/mol. The van der Waals surface area contributed by atoms with E-state index in [9.17, 15) is 0 Å². The molecule has 0 unspecified atom stereocenters. The lowest BCUT2D eigenvalue weighted by Gasteiger charge is -2.28. The van der Waals surface area contributed by atoms with Crippen LogP contribution in [-0.4, -0.2) is 20.2 Å². The van der Waals surface area contributed by atoms with E-state index in [2.05, 4.69) is 27.5 Å². The average Bonchev–Trinajstić information content (AvgIpc) is 2.09. The van der Waals surface area contributed by atoms with Crippen molar-refractivity contribution >= 4 is 34.0 Å². The number of ether oxygens (including phenoxy) is 1. The molecule has 1 aromatic carbocycles. The van der Waals surface area contributed by atoms with Crippen LogP contribution in [-0.2, 0) is 0 Å². The van der Waals surface area contributed by atoms with Crippen LogP contribution in [0.15, 0.2) is 12.1 Å². The normalized spacial score (nSPS) is 15.1. The smallest absolute Gasteiger partial charge is 0.143 e. The van der Waals surface area contributed by atoms with E-state index < -0.39 is 0 Å². The van der Waals surface area contributed by atoms with Crippen molar-refractivity contribution < 1.29 is 4.74 Å². The Labute approximate surface area is 91.0 Å². The van der Waals surface area contributed by atoms with Crippen LogP contribution in [0.25, 0.3) is 0 Å². The second kappa shape index (κ2) is 3.25. The molecule has 1 aliphatic heterocycles. The van der Waals surface area contributed by atoms with Crippen LogP contribution < -0.4 is 15.4 Å². The highest BCUT2D eigenvalue weighted by Crippen LogP contribution is 2.35. The highest BCUT2D eigenvalue weighted by molar-refractivity contribution is 14.1. The Kier molecular flexibility index (Phi) is 2.23. The molecule has 0 bridgehead atoms. The van der Waals surface area contributed by atoms with Crippen molar-refractivity contribution in [3.8, 4) is 5.75 Å². The zero-order chi connectivity index (χ0) is 9.42. The van der Waals surface area contributed by atoms with E-state index in [0.29, 0.717) is 0 Å². The van der Waals surface area contributed by atoms with Crippen LogP contribution in [0.5, 0.6) is 5.75 Å². The number of nitrogen functional groups attached to an aromatic ring is 1. The topological polar surface area (TPSA) is 38.5 Å². The Morgan fingerprint density at radius 2 is 2.31 bits per heavy atom. The summed E-state index contributed by atoms with van der Waals surface area (Å²) in [5, 5.41) is 0. The number of nitrogens with zero attached hydrogens (tertiary/aromatic N) is 1. The minimum atomic E-state index is 0.753. The minimum Gasteiger partial charge on any atom is -0.490 e. The van der Waals surface area contributed by atoms with Crippen molar-refractivity contribution in [1.82, 2.24) is 0 Å². The third-order valence-corrected chi connectivity index (χ3v) is 3.11. The van der Waals surface area contributed by atoms with Crippen molar-refractivity contribution in [3.05, 3.63) is 15.7 Å². The number of likely N-dealkylation sites (N-methyl/N-ethyl adjacent to an activating group) is 1. The molecule has 0 spiro atoms. The summed E-state index contributed by atoms with van der Waals surface area (Å²) in [6.45, 7) is 1.68. The summed E-state index contributed by atoms with van der Waals surface area (Å²) in [4.78, 5) is 2.16. The van der Waals surface area contributed by atoms with E-state index in [-0.39, 0.29) is 0 Å². The molecule has 0 amide bonds. The molecule has 0 saturated carbocycles. The van der Waals surface area contributed by atoms with Gasteiger partial charge in [0.1, 0.15) is 12.4 Å². The molecule has 0 atom stereocenters. The SMILES string of the molecule is CN1CCOc2cc(I)c(N)cc21. The third-order valence-electron chi connectivity index (χ3n) is 2.17. The van der Waals surface area contributed by atoms with Crippen LogP contribution in [0.2, 0.25) is 0 Å². The number of nitrogens with two attached hydrogens (primary N) is 1. The van der Waals surface area contributed by atoms with Gasteiger partial charge in [0.25, 0.3) is 0 Å². The molecule has 0 saturated heterocycles. The molecule has 0 radical (unpaired) electrons. The Hall–Kier alpha value is -0.650. The second-order valence-electron chi connectivity index (χ2n) is 3.11. The lowest BCUT2D eigenvalue weighted by Crippen LogP contribution is -2.28. The van der Waals surface area contributed by atoms with E-state index in [1.807, 2.05) is 19.2 Å². The van der Waals surface area contributed by atoms with Gasteiger partial charge in [-0.15, -0.1) is 0 Å². The molecule has 2 rings (SSSR count). The molecule has 1 heterocycles. The Morgan fingerprint density at radius 1 is 1.54 bits per heavy atom. The zero-order valence-electron chi connectivity index (χ0n) is 7.38. The lowest BCUT2D eigenvalue weighted by molar-refractivity contribution is 0.311. The molecule has 13 heavy (non-hydrogen) atoms. The van der Waals surface area contributed by atoms with Gasteiger partial charge in [-0.2, -0.15) is 0 Å². The van der Waals surface area contributed by atoms with Gasteiger partial charge in [-0.3, -0.25) is 0 Å². The van der Waals surface area contributed by atoms with E-state index in [0.717, 1.165) is 33.8 Å². The number of fused-ring (bicyclic) bond motifs is 1. The Balaban J connectivity index is 2.52. The van der Waals surface area contributed by atoms with Gasteiger partial charge in [-0.05, 0) is 34.7 Å². The number of halogens is 1. The summed E-state index contributed by atoms with van der Waals surface area (Å²) >= 11 is 2.21. The summed E-state index contributed by atoms with van der Waals surface area (Å²) in [6, 6.07) is 3.96. The van der Waals surface area contributed by atoms with E-state index in [4.69, 9.17) is 10.5 Å². The van der Waals surface area contributed by atoms with Crippen LogP contribution in [0.3, 0.4) is 0 Å². The highest BCUT2D eigenvalue weighted by atomic mass is 127. The fraction of sp³-hybridized carbons (Fsp3) is 0.333. The molecular weight excluding hydrogens is 279 g/mol. The maximum Gasteiger partial charge on any atom is 0.143 e. The zero-order valence-corrected chi connectivity index (χ0v) is 9.54. The molecule has 70 valence electrons. The standard InChI is InChI=1S/C9H11IN2O/c1-12-2-3-13-9-4-6(10)7(11)5-8(9)12/h4-5H,2-3,11H2,1H3. The minimum absolute atomic E-state index is 0.753. The molecule has 2 N–H and O–H groups in total. The van der Waals surface area contributed by atoms with Crippen LogP contribution in [0.4, 0.5) is 11.4 Å². The van der Waals surface area contributed by atoms with E-state index >= 15 is 0 Å². The predicted octanol–water partition coefficient (Wildman–Crippen LogP) is 1.70. The van der Waals surface area contributed by atoms with Crippen molar-refractivity contribution in [3.63, 3.8) is 0 Å². The first kappa shape index (κ1) is 8.93. The van der Waals surface area contributed by atoms with E-state index in [1.54, 1.807) is 0 Å². The van der Waals surface area contributed by atoms with Crippen LogP contribution in [0.1, 0.15) is 0 Å². The van der Waals surface area contributed by atoms with Crippen molar-refractivity contribution in [2.75, 3.05) is 30.8 Å². The Morgan fingerprint density at radius 3 is 3.08 bits per heavy atom. The van der Waals surface area contributed by atoms with Crippen LogP contribution >= 0.6 is 22.6 Å². The van der Waals surface area contributed by atoms with Crippen molar-refractivity contribution in [2.24, 2.45) is 0 Å². The summed E-state index contributed by atoms with van der Waals surface area (Å²) in [5.41, 5.74) is 7.72. The number of anilines is 2. The van der Waals surface area contributed by atoms with Gasteiger partial charge >= 0.3 is 0 Å². The fourth-order valence-corrected chi connectivity index (χ4v) is 1.83. The van der Waals surface area contributed by atoms with Gasteiger partial charge in [0.15, 0.2) is 0 Å². The lowest BCUT2D eigenvalue weighted by atomic mass is 10.2. The van der Waals surface area contributed by atoms with Gasteiger partial charge in [0.2, 0.25) is 0 Å². The molecule has 0 aromatic heterocycles. The molecular formula is C9H11IN2O. The van der Waals surface area contributed by atoms with Gasteiger partial charge in [0.05, 0.1) is 12.2 Å². The van der Waals surface area contributed by atoms with Crippen LogP contribution in [0, 0.1) is 3.57 Å². The Bertz CT molecular complexity index is 341. The average molecular weight is 290 g/mol. The first-order valence-corrected chi connectivity index (χ1v) is 5.19. The predicted molar refractivity (Wildman–Crippen MR) is 62.3 cm³/mol. The van der Waals surface area contributed by atoms with Gasteiger partial charge < -0.3 is 15.4 Å². The molecule has 1 aromatic rings. The summed E-state index contributed by atoms with van der Waals surface area (Å²) in [6.07, 6.45) is 0. The fourth-order valence-electron chi connectivity index (χ4n) is 1.39. The third kappa shape index (κ3) is 1.54. The highest BCUT2D eigenvalue weighted by Gasteiger charge is 2.15. The maximum atomic E-state index is 5.82. The first-order chi connectivity index (χ1) is 6.18. The van der Waals surface area contributed by atoms with Crippen molar-refractivity contribution in [1.29, 1.82) is 0 Å². The number of benzene rings is 1. The van der Waals surface area contributed by atoms with Crippen molar-refractivity contribution in [2.45, 2.75) is 0 Å². The van der Waals surface area contributed by atoms with Gasteiger partial charge in [-0.25, -0.2) is 0 Å². The number of hydrogen-bond donors (Lipinski definition) is 1. The van der Waals surface area contributed by atoms with Gasteiger partial charge in [-0.1, -0.05) is 0 Å². The second-order valence-corrected chi connectivity index (χ2v) is 4.27. The maximum absolute atomic E-state index is 5.82. The van der Waals surface area contributed by atoms with Gasteiger partial charge in [0, 0.05) is 16.3 Å². The molecule has 0 aliphatic carbocycles. The molecule has 0 fully saturated rings. The summed E-state index contributed by atoms with van der Waals surface area (Å²) in [5.74, 6) is 0.937. The first-order valence-electron chi connectivity index (χ1n) is 4.11.